The molecule has 0 fully saturated rings. The Morgan fingerprint density at radius 1 is 0.822 bits per heavy atom. The molecule has 0 aliphatic carbocycles. The number of carbonyl (C=O) groups is 2. The van der Waals surface area contributed by atoms with Gasteiger partial charge in [0.05, 0.1) is 39.0 Å². The highest BCUT2D eigenvalue weighted by Gasteiger charge is 2.34. The van der Waals surface area contributed by atoms with Gasteiger partial charge in [-0.15, -0.1) is 0 Å². The molecule has 0 aliphatic heterocycles. The van der Waals surface area contributed by atoms with Crippen LogP contribution in [0.2, 0.25) is 0 Å². The molecule has 11 nitrogen and oxygen atoms in total. The molecule has 3 rings (SSSR count). The van der Waals surface area contributed by atoms with Gasteiger partial charge in [0.15, 0.2) is 11.5 Å². The number of carbonyl (C=O) groups excluding carboxylic acids is 2. The summed E-state index contributed by atoms with van der Waals surface area (Å²) in [4.78, 5) is 28.8. The van der Waals surface area contributed by atoms with E-state index in [0.717, 1.165) is 15.4 Å². The Morgan fingerprint density at radius 3 is 2.07 bits per heavy atom. The number of benzene rings is 3. The van der Waals surface area contributed by atoms with Crippen molar-refractivity contribution >= 4 is 27.5 Å². The topological polar surface area (TPSA) is 124 Å². The highest BCUT2D eigenvalue weighted by atomic mass is 32.2. The van der Waals surface area contributed by atoms with E-state index in [-0.39, 0.29) is 40.5 Å². The number of sulfonamides is 1. The molecule has 0 spiro atoms. The summed E-state index contributed by atoms with van der Waals surface area (Å²) in [5.41, 5.74) is 1.82. The Kier molecular flexibility index (Phi) is 12.1. The summed E-state index contributed by atoms with van der Waals surface area (Å²) in [5, 5.41) is 2.89. The van der Waals surface area contributed by atoms with E-state index < -0.39 is 28.5 Å². The fourth-order valence-corrected chi connectivity index (χ4v) is 6.05. The van der Waals surface area contributed by atoms with E-state index in [9.17, 15) is 18.0 Å². The van der Waals surface area contributed by atoms with Crippen LogP contribution in [0.1, 0.15) is 31.9 Å². The first-order valence-electron chi connectivity index (χ1n) is 14.5. The number of anilines is 1. The van der Waals surface area contributed by atoms with Gasteiger partial charge in [-0.3, -0.25) is 13.9 Å². The standard InChI is InChI=1S/C33H43N3O8S/c1-22(2)19-34-33(38)24(4)35(20-25-12-10-9-11-23(25)3)32(37)21-36(28-17-26(41-5)13-15-29(28)42-6)45(39,40)27-14-16-30(43-7)31(18-27)44-8/h9-18,22,24H,19-21H2,1-8H3,(H,34,38)/t24-/m1/s1. The van der Waals surface area contributed by atoms with E-state index in [4.69, 9.17) is 18.9 Å². The average Bonchev–Trinajstić information content (AvgIpc) is 3.04. The Hall–Kier alpha value is -4.45. The summed E-state index contributed by atoms with van der Waals surface area (Å²) in [7, 11) is 1.26. The lowest BCUT2D eigenvalue weighted by atomic mass is 10.1. The molecule has 0 heterocycles. The van der Waals surface area contributed by atoms with Gasteiger partial charge in [-0.05, 0) is 55.2 Å². The summed E-state index contributed by atoms with van der Waals surface area (Å²) in [6.07, 6.45) is 0. The van der Waals surface area contributed by atoms with Crippen molar-refractivity contribution in [1.82, 2.24) is 10.2 Å². The number of ether oxygens (including phenoxy) is 4. The number of hydrogen-bond acceptors (Lipinski definition) is 8. The first kappa shape index (κ1) is 35.0. The molecule has 12 heteroatoms. The van der Waals surface area contributed by atoms with Gasteiger partial charge in [0, 0.05) is 25.2 Å². The number of rotatable bonds is 15. The normalized spacial score (nSPS) is 11.8. The van der Waals surface area contributed by atoms with Crippen molar-refractivity contribution in [3.05, 3.63) is 71.8 Å². The van der Waals surface area contributed by atoms with Crippen LogP contribution in [0.25, 0.3) is 0 Å². The lowest BCUT2D eigenvalue weighted by Crippen LogP contribution is -2.51. The van der Waals surface area contributed by atoms with E-state index in [1.54, 1.807) is 19.1 Å². The summed E-state index contributed by atoms with van der Waals surface area (Å²) in [5.74, 6) is 0.329. The molecule has 3 aromatic carbocycles. The van der Waals surface area contributed by atoms with Crippen LogP contribution < -0.4 is 28.6 Å². The van der Waals surface area contributed by atoms with Crippen LogP contribution in [-0.2, 0) is 26.2 Å². The zero-order chi connectivity index (χ0) is 33.3. The van der Waals surface area contributed by atoms with Crippen LogP contribution in [0.5, 0.6) is 23.0 Å². The molecule has 0 aliphatic rings. The van der Waals surface area contributed by atoms with Crippen molar-refractivity contribution in [2.75, 3.05) is 45.8 Å². The van der Waals surface area contributed by atoms with Crippen molar-refractivity contribution in [3.8, 4) is 23.0 Å². The average molecular weight is 642 g/mol. The maximum absolute atomic E-state index is 14.4. The van der Waals surface area contributed by atoms with Crippen LogP contribution in [0.3, 0.4) is 0 Å². The summed E-state index contributed by atoms with van der Waals surface area (Å²) in [6.45, 7) is 7.35. The van der Waals surface area contributed by atoms with Crippen molar-refractivity contribution < 1.29 is 37.0 Å². The molecule has 0 radical (unpaired) electrons. The fourth-order valence-electron chi connectivity index (χ4n) is 4.62. The quantitative estimate of drug-likeness (QED) is 0.259. The third kappa shape index (κ3) is 8.39. The molecular formula is C33H43N3O8S. The molecule has 45 heavy (non-hydrogen) atoms. The highest BCUT2D eigenvalue weighted by Crippen LogP contribution is 2.37. The van der Waals surface area contributed by atoms with Gasteiger partial charge >= 0.3 is 0 Å². The maximum atomic E-state index is 14.4. The first-order valence-corrected chi connectivity index (χ1v) is 15.9. The third-order valence-electron chi connectivity index (χ3n) is 7.33. The number of hydrogen-bond donors (Lipinski definition) is 1. The molecule has 1 atom stereocenters. The van der Waals surface area contributed by atoms with Gasteiger partial charge in [0.25, 0.3) is 10.0 Å². The van der Waals surface area contributed by atoms with Gasteiger partial charge in [-0.1, -0.05) is 38.1 Å². The summed E-state index contributed by atoms with van der Waals surface area (Å²) < 4.78 is 51.3. The largest absolute Gasteiger partial charge is 0.497 e. The zero-order valence-corrected chi connectivity index (χ0v) is 27.9. The lowest BCUT2D eigenvalue weighted by Gasteiger charge is -2.33. The van der Waals surface area contributed by atoms with Crippen LogP contribution in [0.4, 0.5) is 5.69 Å². The number of aryl methyl sites for hydroxylation is 1. The molecule has 3 aromatic rings. The Labute approximate surface area is 266 Å². The minimum Gasteiger partial charge on any atom is -0.497 e. The minimum absolute atomic E-state index is 0.0766. The van der Waals surface area contributed by atoms with E-state index in [1.165, 1.54) is 57.6 Å². The number of nitrogens with one attached hydrogen (secondary N) is 1. The molecule has 0 saturated heterocycles. The minimum atomic E-state index is -4.43. The van der Waals surface area contributed by atoms with Crippen LogP contribution in [0.15, 0.2) is 65.6 Å². The second-order valence-corrected chi connectivity index (χ2v) is 12.7. The molecule has 0 unspecified atom stereocenters. The summed E-state index contributed by atoms with van der Waals surface area (Å²) >= 11 is 0. The Morgan fingerprint density at radius 2 is 1.47 bits per heavy atom. The lowest BCUT2D eigenvalue weighted by molar-refractivity contribution is -0.139. The number of methoxy groups -OCH3 is 4. The smallest absolute Gasteiger partial charge is 0.265 e. The Bertz CT molecular complexity index is 1590. The SMILES string of the molecule is COc1ccc(OC)c(N(CC(=O)N(Cc2ccccc2C)[C@H](C)C(=O)NCC(C)C)S(=O)(=O)c2ccc(OC)c(OC)c2)c1. The molecule has 0 saturated carbocycles. The number of nitrogens with zero attached hydrogens (tertiary/aromatic N) is 2. The zero-order valence-electron chi connectivity index (χ0n) is 27.1. The van der Waals surface area contributed by atoms with E-state index in [1.807, 2.05) is 45.0 Å². The van der Waals surface area contributed by atoms with Crippen LogP contribution >= 0.6 is 0 Å². The molecule has 1 N–H and O–H groups in total. The highest BCUT2D eigenvalue weighted by molar-refractivity contribution is 7.92. The monoisotopic (exact) mass is 641 g/mol. The van der Waals surface area contributed by atoms with Gasteiger partial charge < -0.3 is 29.2 Å². The van der Waals surface area contributed by atoms with Crippen molar-refractivity contribution in [3.63, 3.8) is 0 Å². The number of amides is 2. The Balaban J connectivity index is 2.17. The third-order valence-corrected chi connectivity index (χ3v) is 9.09. The predicted octanol–water partition coefficient (Wildman–Crippen LogP) is 4.41. The van der Waals surface area contributed by atoms with Gasteiger partial charge in [-0.25, -0.2) is 8.42 Å². The second-order valence-electron chi connectivity index (χ2n) is 10.8. The first-order chi connectivity index (χ1) is 21.4. The van der Waals surface area contributed by atoms with E-state index in [2.05, 4.69) is 5.32 Å². The predicted molar refractivity (Wildman–Crippen MR) is 173 cm³/mol. The summed E-state index contributed by atoms with van der Waals surface area (Å²) in [6, 6.07) is 15.4. The van der Waals surface area contributed by atoms with Crippen molar-refractivity contribution in [2.24, 2.45) is 5.92 Å². The fraction of sp³-hybridized carbons (Fsp3) is 0.394. The molecule has 0 bridgehead atoms. The van der Waals surface area contributed by atoms with Gasteiger partial charge in [0.1, 0.15) is 24.1 Å². The second kappa shape index (κ2) is 15.5. The van der Waals surface area contributed by atoms with Crippen molar-refractivity contribution in [2.45, 2.75) is 45.2 Å². The molecular weight excluding hydrogens is 598 g/mol. The molecule has 0 aromatic heterocycles. The van der Waals surface area contributed by atoms with Gasteiger partial charge in [-0.2, -0.15) is 0 Å². The molecule has 244 valence electrons. The van der Waals surface area contributed by atoms with Crippen LogP contribution in [-0.4, -0.2) is 72.7 Å². The maximum Gasteiger partial charge on any atom is 0.265 e. The molecule has 2 amide bonds. The van der Waals surface area contributed by atoms with E-state index >= 15 is 0 Å². The van der Waals surface area contributed by atoms with Crippen molar-refractivity contribution in [1.29, 1.82) is 0 Å². The van der Waals surface area contributed by atoms with Crippen LogP contribution in [0, 0.1) is 12.8 Å². The van der Waals surface area contributed by atoms with Gasteiger partial charge in [0.2, 0.25) is 11.8 Å². The van der Waals surface area contributed by atoms with E-state index in [0.29, 0.717) is 18.0 Å².